The molecule has 1 aromatic carbocycles. The number of hydrogen-bond acceptors (Lipinski definition) is 5. The zero-order chi connectivity index (χ0) is 28.9. The predicted molar refractivity (Wildman–Crippen MR) is 154 cm³/mol. The molecule has 210 valence electrons. The molecular weight excluding hydrogens is 548 g/mol. The van der Waals surface area contributed by atoms with Gasteiger partial charge in [-0.3, -0.25) is 14.4 Å². The highest BCUT2D eigenvalue weighted by molar-refractivity contribution is 7.15. The van der Waals surface area contributed by atoms with E-state index in [4.69, 9.17) is 0 Å². The molecular formula is C30H27F2N5O3S. The van der Waals surface area contributed by atoms with Gasteiger partial charge in [0.25, 0.3) is 11.5 Å². The number of pyridine rings is 2. The van der Waals surface area contributed by atoms with Crippen LogP contribution in [0, 0.1) is 11.6 Å². The first-order valence-electron chi connectivity index (χ1n) is 13.1. The summed E-state index contributed by atoms with van der Waals surface area (Å²) in [6.07, 6.45) is 5.80. The smallest absolute Gasteiger partial charge is 0.263 e. The lowest BCUT2D eigenvalue weighted by Gasteiger charge is -2.18. The highest BCUT2D eigenvalue weighted by atomic mass is 32.1. The summed E-state index contributed by atoms with van der Waals surface area (Å²) in [5.41, 5.74) is 1.35. The molecule has 41 heavy (non-hydrogen) atoms. The maximum Gasteiger partial charge on any atom is 0.263 e. The van der Waals surface area contributed by atoms with Gasteiger partial charge in [-0.1, -0.05) is 13.0 Å². The lowest BCUT2D eigenvalue weighted by Crippen LogP contribution is -2.37. The quantitative estimate of drug-likeness (QED) is 0.214. The van der Waals surface area contributed by atoms with Crippen molar-refractivity contribution in [3.8, 4) is 10.4 Å². The molecule has 2 amide bonds. The molecule has 5 rings (SSSR count). The van der Waals surface area contributed by atoms with E-state index in [0.717, 1.165) is 44.9 Å². The number of benzene rings is 1. The summed E-state index contributed by atoms with van der Waals surface area (Å²) in [7, 11) is 0. The predicted octanol–water partition coefficient (Wildman–Crippen LogP) is 5.17. The fourth-order valence-corrected chi connectivity index (χ4v) is 5.58. The Morgan fingerprint density at radius 2 is 1.95 bits per heavy atom. The Balaban J connectivity index is 1.41. The Kier molecular flexibility index (Phi) is 8.34. The number of H-pyrrole nitrogens is 1. The summed E-state index contributed by atoms with van der Waals surface area (Å²) in [5.74, 6) is -2.88. The zero-order valence-electron chi connectivity index (χ0n) is 22.1. The maximum absolute atomic E-state index is 13.7. The average molecular weight is 576 g/mol. The number of nitrogens with one attached hydrogen (secondary N) is 3. The van der Waals surface area contributed by atoms with Gasteiger partial charge < -0.3 is 20.2 Å². The SMILES string of the molecule is CCCNC(=O)C[C@@H](NC(=O)c1cccn(Cc2ccc(F)c(F)c2)c1=O)c1ccc(-c2c[nH]c3ncccc23)s1. The van der Waals surface area contributed by atoms with E-state index >= 15 is 0 Å². The number of fused-ring (bicyclic) bond motifs is 1. The third kappa shape index (κ3) is 6.25. The van der Waals surface area contributed by atoms with Crippen LogP contribution in [0.3, 0.4) is 0 Å². The number of thiophene rings is 1. The molecule has 4 heterocycles. The van der Waals surface area contributed by atoms with E-state index in [0.29, 0.717) is 12.1 Å². The minimum atomic E-state index is -1.02. The summed E-state index contributed by atoms with van der Waals surface area (Å²) in [6.45, 7) is 2.40. The largest absolute Gasteiger partial charge is 0.356 e. The van der Waals surface area contributed by atoms with E-state index in [1.54, 1.807) is 6.20 Å². The number of aromatic nitrogens is 3. The van der Waals surface area contributed by atoms with E-state index in [-0.39, 0.29) is 24.4 Å². The molecule has 8 nitrogen and oxygen atoms in total. The van der Waals surface area contributed by atoms with Crippen molar-refractivity contribution in [2.24, 2.45) is 0 Å². The summed E-state index contributed by atoms with van der Waals surface area (Å²) < 4.78 is 28.3. The lowest BCUT2D eigenvalue weighted by molar-refractivity contribution is -0.121. The van der Waals surface area contributed by atoms with Crippen molar-refractivity contribution in [2.75, 3.05) is 6.54 Å². The van der Waals surface area contributed by atoms with E-state index in [1.807, 2.05) is 37.4 Å². The van der Waals surface area contributed by atoms with Gasteiger partial charge in [-0.15, -0.1) is 11.3 Å². The van der Waals surface area contributed by atoms with Crippen LogP contribution in [-0.2, 0) is 11.3 Å². The minimum Gasteiger partial charge on any atom is -0.356 e. The fourth-order valence-electron chi connectivity index (χ4n) is 4.49. The molecule has 0 saturated carbocycles. The summed E-state index contributed by atoms with van der Waals surface area (Å²) in [6, 6.07) is 13.2. The first-order valence-corrected chi connectivity index (χ1v) is 13.9. The molecule has 0 aliphatic carbocycles. The number of rotatable bonds is 10. The molecule has 1 atom stereocenters. The molecule has 5 aromatic rings. The fraction of sp³-hybridized carbons (Fsp3) is 0.200. The topological polar surface area (TPSA) is 109 Å². The van der Waals surface area contributed by atoms with E-state index < -0.39 is 29.1 Å². The molecule has 0 aliphatic rings. The van der Waals surface area contributed by atoms with Crippen LogP contribution in [0.25, 0.3) is 21.5 Å². The van der Waals surface area contributed by atoms with Gasteiger partial charge in [0.05, 0.1) is 19.0 Å². The lowest BCUT2D eigenvalue weighted by atomic mass is 10.1. The summed E-state index contributed by atoms with van der Waals surface area (Å²) in [5, 5.41) is 6.66. The minimum absolute atomic E-state index is 0.0169. The van der Waals surface area contributed by atoms with Crippen molar-refractivity contribution in [3.05, 3.63) is 111 Å². The Bertz CT molecular complexity index is 1780. The van der Waals surface area contributed by atoms with E-state index in [2.05, 4.69) is 20.6 Å². The molecule has 11 heteroatoms. The first-order chi connectivity index (χ1) is 19.8. The molecule has 0 aliphatic heterocycles. The van der Waals surface area contributed by atoms with Crippen molar-refractivity contribution in [3.63, 3.8) is 0 Å². The van der Waals surface area contributed by atoms with E-state index in [9.17, 15) is 23.2 Å². The highest BCUT2D eigenvalue weighted by Gasteiger charge is 2.23. The van der Waals surface area contributed by atoms with Gasteiger partial charge in [-0.25, -0.2) is 13.8 Å². The summed E-state index contributed by atoms with van der Waals surface area (Å²) in [4.78, 5) is 48.4. The maximum atomic E-state index is 13.7. The number of hydrogen-bond donors (Lipinski definition) is 3. The van der Waals surface area contributed by atoms with Gasteiger partial charge in [0, 0.05) is 45.8 Å². The molecule has 0 bridgehead atoms. The third-order valence-electron chi connectivity index (χ3n) is 6.56. The van der Waals surface area contributed by atoms with Gasteiger partial charge in [-0.2, -0.15) is 0 Å². The third-order valence-corrected chi connectivity index (χ3v) is 7.79. The second-order valence-corrected chi connectivity index (χ2v) is 10.6. The number of amides is 2. The van der Waals surface area contributed by atoms with E-state index in [1.165, 1.54) is 40.3 Å². The first kappa shape index (κ1) is 27.9. The normalized spacial score (nSPS) is 11.9. The monoisotopic (exact) mass is 575 g/mol. The molecule has 0 fully saturated rings. The average Bonchev–Trinajstić information content (AvgIpc) is 3.62. The van der Waals surface area contributed by atoms with Crippen molar-refractivity contribution >= 4 is 34.2 Å². The molecule has 3 N–H and O–H groups in total. The van der Waals surface area contributed by atoms with Crippen molar-refractivity contribution in [2.45, 2.75) is 32.4 Å². The number of nitrogens with zero attached hydrogens (tertiary/aromatic N) is 2. The standard InChI is InChI=1S/C30H27F2N5O3S/c1-2-11-33-27(38)15-24(26-10-9-25(41-26)21-16-35-28-19(21)5-3-12-34-28)36-29(39)20-6-4-13-37(30(20)40)17-18-7-8-22(31)23(32)14-18/h3-10,12-14,16,24H,2,11,15,17H2,1H3,(H,33,38)(H,34,35)(H,36,39)/t24-/m1/s1. The second kappa shape index (κ2) is 12.3. The highest BCUT2D eigenvalue weighted by Crippen LogP contribution is 2.36. The molecule has 0 radical (unpaired) electrons. The molecule has 0 unspecified atom stereocenters. The van der Waals surface area contributed by atoms with Gasteiger partial charge >= 0.3 is 0 Å². The van der Waals surface area contributed by atoms with Crippen molar-refractivity contribution < 1.29 is 18.4 Å². The molecule has 0 saturated heterocycles. The zero-order valence-corrected chi connectivity index (χ0v) is 22.9. The van der Waals surface area contributed by atoms with Gasteiger partial charge in [0.1, 0.15) is 11.2 Å². The van der Waals surface area contributed by atoms with Crippen LogP contribution in [0.1, 0.15) is 46.6 Å². The van der Waals surface area contributed by atoms with Crippen molar-refractivity contribution in [1.29, 1.82) is 0 Å². The van der Waals surface area contributed by atoms with Gasteiger partial charge in [0.15, 0.2) is 11.6 Å². The second-order valence-electron chi connectivity index (χ2n) is 9.49. The van der Waals surface area contributed by atoms with Crippen LogP contribution >= 0.6 is 11.3 Å². The van der Waals surface area contributed by atoms with Crippen LogP contribution in [-0.4, -0.2) is 32.9 Å². The Morgan fingerprint density at radius 3 is 2.76 bits per heavy atom. The number of halogens is 2. The summed E-state index contributed by atoms with van der Waals surface area (Å²) >= 11 is 1.44. The van der Waals surface area contributed by atoms with Crippen LogP contribution < -0.4 is 16.2 Å². The Hall–Kier alpha value is -4.64. The molecule has 0 spiro atoms. The van der Waals surface area contributed by atoms with Crippen LogP contribution in [0.4, 0.5) is 8.78 Å². The van der Waals surface area contributed by atoms with Gasteiger partial charge in [0.2, 0.25) is 5.91 Å². The number of carbonyl (C=O) groups excluding carboxylic acids is 2. The number of carbonyl (C=O) groups is 2. The van der Waals surface area contributed by atoms with Crippen LogP contribution in [0.15, 0.2) is 78.0 Å². The Morgan fingerprint density at radius 1 is 1.10 bits per heavy atom. The van der Waals surface area contributed by atoms with Crippen LogP contribution in [0.2, 0.25) is 0 Å². The van der Waals surface area contributed by atoms with Gasteiger partial charge in [-0.05, 0) is 60.5 Å². The number of aromatic amines is 1. The Labute approximate surface area is 238 Å². The van der Waals surface area contributed by atoms with Crippen LogP contribution in [0.5, 0.6) is 0 Å². The molecule has 4 aromatic heterocycles. The van der Waals surface area contributed by atoms with Crippen molar-refractivity contribution in [1.82, 2.24) is 25.2 Å².